The fourth-order valence-electron chi connectivity index (χ4n) is 3.48. The van der Waals surface area contributed by atoms with Crippen molar-refractivity contribution in [3.63, 3.8) is 0 Å². The number of hydrogen-bond donors (Lipinski definition) is 3. The predicted molar refractivity (Wildman–Crippen MR) is 110 cm³/mol. The standard InChI is InChI=1S/C21H29N5O/c1-5-16-7-6-8-19-17(13-25-20(16)19)9-11-23-21(22-4)24-12-10-18-14(2)26-27-15(18)3/h6-8,13,25H,5,9-12H2,1-4H3,(H2,22,23,24). The number of H-pyrrole nitrogens is 1. The van der Waals surface area contributed by atoms with Crippen LogP contribution >= 0.6 is 0 Å². The van der Waals surface area contributed by atoms with Gasteiger partial charge in [0.15, 0.2) is 5.96 Å². The molecule has 6 nitrogen and oxygen atoms in total. The fourth-order valence-corrected chi connectivity index (χ4v) is 3.48. The number of aromatic amines is 1. The number of nitrogens with one attached hydrogen (secondary N) is 3. The first-order valence-corrected chi connectivity index (χ1v) is 9.58. The molecule has 0 radical (unpaired) electrons. The van der Waals surface area contributed by atoms with Crippen LogP contribution in [0.3, 0.4) is 0 Å². The van der Waals surface area contributed by atoms with E-state index in [1.165, 1.54) is 27.6 Å². The minimum Gasteiger partial charge on any atom is -0.361 e. The molecule has 0 aliphatic carbocycles. The number of nitrogens with zero attached hydrogens (tertiary/aromatic N) is 2. The van der Waals surface area contributed by atoms with Crippen molar-refractivity contribution in [3.8, 4) is 0 Å². The molecule has 0 atom stereocenters. The third-order valence-corrected chi connectivity index (χ3v) is 5.03. The third-order valence-electron chi connectivity index (χ3n) is 5.03. The highest BCUT2D eigenvalue weighted by Gasteiger charge is 2.09. The van der Waals surface area contributed by atoms with Crippen molar-refractivity contribution in [2.45, 2.75) is 40.0 Å². The lowest BCUT2D eigenvalue weighted by atomic mass is 10.1. The first-order chi connectivity index (χ1) is 13.1. The number of fused-ring (bicyclic) bond motifs is 1. The summed E-state index contributed by atoms with van der Waals surface area (Å²) in [6.07, 6.45) is 4.97. The summed E-state index contributed by atoms with van der Waals surface area (Å²) in [4.78, 5) is 7.74. The van der Waals surface area contributed by atoms with Crippen LogP contribution in [0.2, 0.25) is 0 Å². The van der Waals surface area contributed by atoms with Gasteiger partial charge in [0, 0.05) is 42.8 Å². The number of guanidine groups is 1. The second kappa shape index (κ2) is 8.75. The molecule has 0 aliphatic rings. The van der Waals surface area contributed by atoms with Crippen molar-refractivity contribution in [1.29, 1.82) is 0 Å². The molecule has 144 valence electrons. The van der Waals surface area contributed by atoms with Gasteiger partial charge in [-0.2, -0.15) is 0 Å². The van der Waals surface area contributed by atoms with E-state index >= 15 is 0 Å². The molecule has 0 bridgehead atoms. The van der Waals surface area contributed by atoms with Gasteiger partial charge in [0.1, 0.15) is 5.76 Å². The number of para-hydroxylation sites is 1. The SMILES string of the molecule is CCc1cccc2c(CCNC(=NC)NCCc3c(C)noc3C)c[nH]c12. The van der Waals surface area contributed by atoms with Gasteiger partial charge in [-0.15, -0.1) is 0 Å². The zero-order valence-corrected chi connectivity index (χ0v) is 16.6. The number of benzene rings is 1. The molecule has 0 amide bonds. The number of aryl methyl sites for hydroxylation is 3. The zero-order chi connectivity index (χ0) is 19.2. The van der Waals surface area contributed by atoms with Crippen molar-refractivity contribution < 1.29 is 4.52 Å². The van der Waals surface area contributed by atoms with Gasteiger partial charge < -0.3 is 20.1 Å². The van der Waals surface area contributed by atoms with Gasteiger partial charge in [0.05, 0.1) is 5.69 Å². The van der Waals surface area contributed by atoms with Crippen LogP contribution in [0.1, 0.15) is 35.1 Å². The largest absolute Gasteiger partial charge is 0.361 e. The molecule has 3 rings (SSSR count). The Morgan fingerprint density at radius 3 is 2.59 bits per heavy atom. The lowest BCUT2D eigenvalue weighted by Gasteiger charge is -2.11. The molecule has 3 aromatic rings. The quantitative estimate of drug-likeness (QED) is 0.442. The lowest BCUT2D eigenvalue weighted by Crippen LogP contribution is -2.39. The van der Waals surface area contributed by atoms with Crippen LogP contribution in [0.25, 0.3) is 10.9 Å². The van der Waals surface area contributed by atoms with Crippen LogP contribution in [-0.4, -0.2) is 36.2 Å². The van der Waals surface area contributed by atoms with Crippen LogP contribution in [0, 0.1) is 13.8 Å². The van der Waals surface area contributed by atoms with Gasteiger partial charge in [0.25, 0.3) is 0 Å². The molecule has 3 N–H and O–H groups in total. The van der Waals surface area contributed by atoms with E-state index in [2.05, 4.69) is 57.1 Å². The van der Waals surface area contributed by atoms with Gasteiger partial charge in [-0.1, -0.05) is 30.3 Å². The van der Waals surface area contributed by atoms with Gasteiger partial charge in [0.2, 0.25) is 0 Å². The fraction of sp³-hybridized carbons (Fsp3) is 0.429. The van der Waals surface area contributed by atoms with Crippen molar-refractivity contribution in [1.82, 2.24) is 20.8 Å². The maximum absolute atomic E-state index is 5.21. The highest BCUT2D eigenvalue weighted by Crippen LogP contribution is 2.22. The van der Waals surface area contributed by atoms with E-state index in [0.717, 1.165) is 49.8 Å². The molecular formula is C21H29N5O. The molecular weight excluding hydrogens is 338 g/mol. The van der Waals surface area contributed by atoms with Gasteiger partial charge in [-0.05, 0) is 44.2 Å². The minimum atomic E-state index is 0.787. The van der Waals surface area contributed by atoms with E-state index in [-0.39, 0.29) is 0 Å². The maximum Gasteiger partial charge on any atom is 0.190 e. The highest BCUT2D eigenvalue weighted by atomic mass is 16.5. The van der Waals surface area contributed by atoms with E-state index in [4.69, 9.17) is 4.52 Å². The number of hydrogen-bond acceptors (Lipinski definition) is 3. The molecule has 0 fully saturated rings. The Balaban J connectivity index is 1.50. The van der Waals surface area contributed by atoms with Gasteiger partial charge in [-0.25, -0.2) is 0 Å². The van der Waals surface area contributed by atoms with Crippen molar-refractivity contribution >= 4 is 16.9 Å². The van der Waals surface area contributed by atoms with Crippen LogP contribution < -0.4 is 10.6 Å². The summed E-state index contributed by atoms with van der Waals surface area (Å²) >= 11 is 0. The molecule has 2 aromatic heterocycles. The van der Waals surface area contributed by atoms with Gasteiger partial charge in [-0.3, -0.25) is 4.99 Å². The topological polar surface area (TPSA) is 78.2 Å². The molecule has 0 saturated heterocycles. The molecule has 0 spiro atoms. The Hall–Kier alpha value is -2.76. The van der Waals surface area contributed by atoms with Crippen molar-refractivity contribution in [3.05, 3.63) is 52.5 Å². The summed E-state index contributed by atoms with van der Waals surface area (Å²) in [5, 5.41) is 12.1. The lowest BCUT2D eigenvalue weighted by molar-refractivity contribution is 0.392. The summed E-state index contributed by atoms with van der Waals surface area (Å²) in [6, 6.07) is 6.52. The Labute approximate surface area is 160 Å². The van der Waals surface area contributed by atoms with E-state index < -0.39 is 0 Å². The molecule has 2 heterocycles. The summed E-state index contributed by atoms with van der Waals surface area (Å²) in [7, 11) is 1.80. The van der Waals surface area contributed by atoms with E-state index in [9.17, 15) is 0 Å². The van der Waals surface area contributed by atoms with Crippen LogP contribution in [0.5, 0.6) is 0 Å². The van der Waals surface area contributed by atoms with Crippen LogP contribution in [0.4, 0.5) is 0 Å². The monoisotopic (exact) mass is 367 g/mol. The summed E-state index contributed by atoms with van der Waals surface area (Å²) in [6.45, 7) is 7.73. The minimum absolute atomic E-state index is 0.787. The summed E-state index contributed by atoms with van der Waals surface area (Å²) in [5.41, 5.74) is 6.09. The molecule has 0 aliphatic heterocycles. The molecule has 6 heteroatoms. The predicted octanol–water partition coefficient (Wildman–Crippen LogP) is 3.29. The van der Waals surface area contributed by atoms with Gasteiger partial charge >= 0.3 is 0 Å². The molecule has 1 aromatic carbocycles. The maximum atomic E-state index is 5.21. The summed E-state index contributed by atoms with van der Waals surface area (Å²) < 4.78 is 5.21. The van der Waals surface area contributed by atoms with E-state index in [0.29, 0.717) is 0 Å². The van der Waals surface area contributed by atoms with Crippen molar-refractivity contribution in [2.24, 2.45) is 4.99 Å². The first kappa shape index (κ1) is 19.0. The smallest absolute Gasteiger partial charge is 0.190 e. The van der Waals surface area contributed by atoms with E-state index in [1.807, 2.05) is 13.8 Å². The average molecular weight is 367 g/mol. The molecule has 0 unspecified atom stereocenters. The molecule has 27 heavy (non-hydrogen) atoms. The second-order valence-corrected chi connectivity index (χ2v) is 6.74. The first-order valence-electron chi connectivity index (χ1n) is 9.58. The Bertz CT molecular complexity index is 902. The average Bonchev–Trinajstić information content (AvgIpc) is 3.24. The second-order valence-electron chi connectivity index (χ2n) is 6.74. The van der Waals surface area contributed by atoms with Crippen molar-refractivity contribution in [2.75, 3.05) is 20.1 Å². The Kier molecular flexibility index (Phi) is 6.16. The molecule has 0 saturated carbocycles. The number of rotatable bonds is 7. The van der Waals surface area contributed by atoms with Crippen LogP contribution in [0.15, 0.2) is 33.9 Å². The number of aromatic nitrogens is 2. The Morgan fingerprint density at radius 2 is 1.93 bits per heavy atom. The highest BCUT2D eigenvalue weighted by molar-refractivity contribution is 5.86. The zero-order valence-electron chi connectivity index (χ0n) is 16.6. The Morgan fingerprint density at radius 1 is 1.15 bits per heavy atom. The van der Waals surface area contributed by atoms with E-state index in [1.54, 1.807) is 7.05 Å². The summed E-state index contributed by atoms with van der Waals surface area (Å²) in [5.74, 6) is 1.71. The number of aliphatic imine (C=N–C) groups is 1. The normalized spacial score (nSPS) is 11.9. The third kappa shape index (κ3) is 4.32. The van der Waals surface area contributed by atoms with Crippen LogP contribution in [-0.2, 0) is 19.3 Å².